The Hall–Kier alpha value is -7.68. The van der Waals surface area contributed by atoms with Gasteiger partial charge in [-0.3, -0.25) is 0 Å². The average molecular weight is 740 g/mol. The maximum atomic E-state index is 6.59. The van der Waals surface area contributed by atoms with Crippen LogP contribution in [0, 0.1) is 0 Å². The predicted molar refractivity (Wildman–Crippen MR) is 245 cm³/mol. The van der Waals surface area contributed by atoms with Crippen molar-refractivity contribution in [2.45, 2.75) is 0 Å². The molecule has 2 nitrogen and oxygen atoms in total. The van der Waals surface area contributed by atoms with Crippen molar-refractivity contribution in [1.29, 1.82) is 0 Å². The summed E-state index contributed by atoms with van der Waals surface area (Å²) in [5.41, 5.74) is 14.5. The van der Waals surface area contributed by atoms with Gasteiger partial charge in [-0.05, 0) is 115 Å². The Morgan fingerprint density at radius 3 is 1.48 bits per heavy atom. The molecule has 1 aromatic heterocycles. The molecule has 0 bridgehead atoms. The third-order valence-corrected chi connectivity index (χ3v) is 11.5. The van der Waals surface area contributed by atoms with Crippen molar-refractivity contribution < 1.29 is 4.42 Å². The summed E-state index contributed by atoms with van der Waals surface area (Å²) in [4.78, 5) is 2.38. The summed E-state index contributed by atoms with van der Waals surface area (Å²) in [5, 5.41) is 7.08. The number of nitrogens with zero attached hydrogens (tertiary/aromatic N) is 1. The van der Waals surface area contributed by atoms with E-state index in [0.29, 0.717) is 0 Å². The van der Waals surface area contributed by atoms with Gasteiger partial charge in [0.25, 0.3) is 0 Å². The average Bonchev–Trinajstić information content (AvgIpc) is 3.70. The number of hydrogen-bond acceptors (Lipinski definition) is 2. The number of anilines is 3. The lowest BCUT2D eigenvalue weighted by Gasteiger charge is -2.27. The molecule has 0 atom stereocenters. The Bertz CT molecular complexity index is 3250. The molecule has 0 radical (unpaired) electrons. The number of rotatable bonds is 7. The van der Waals surface area contributed by atoms with Gasteiger partial charge in [0.1, 0.15) is 11.2 Å². The summed E-state index contributed by atoms with van der Waals surface area (Å²) in [7, 11) is 0. The van der Waals surface area contributed by atoms with Crippen LogP contribution in [0.1, 0.15) is 0 Å². The molecule has 0 saturated carbocycles. The highest BCUT2D eigenvalue weighted by Crippen LogP contribution is 2.46. The molecule has 0 unspecified atom stereocenters. The number of hydrogen-bond donors (Lipinski definition) is 0. The first-order chi connectivity index (χ1) is 28.8. The van der Waals surface area contributed by atoms with E-state index in [0.717, 1.165) is 39.0 Å². The Morgan fingerprint density at radius 2 is 0.793 bits per heavy atom. The van der Waals surface area contributed by atoms with Crippen LogP contribution in [-0.2, 0) is 0 Å². The summed E-state index contributed by atoms with van der Waals surface area (Å²) in [6, 6.07) is 80.6. The Labute approximate surface area is 337 Å². The molecule has 0 spiro atoms. The number of fused-ring (bicyclic) bond motifs is 6. The first-order valence-corrected chi connectivity index (χ1v) is 19.8. The molecule has 0 aliphatic heterocycles. The second-order valence-electron chi connectivity index (χ2n) is 14.9. The molecule has 0 fully saturated rings. The second-order valence-corrected chi connectivity index (χ2v) is 14.9. The molecule has 58 heavy (non-hydrogen) atoms. The molecule has 2 heteroatoms. The van der Waals surface area contributed by atoms with E-state index in [1.54, 1.807) is 0 Å². The third kappa shape index (κ3) is 5.82. The first kappa shape index (κ1) is 33.6. The van der Waals surface area contributed by atoms with Crippen molar-refractivity contribution in [3.63, 3.8) is 0 Å². The Morgan fingerprint density at radius 1 is 0.293 bits per heavy atom. The van der Waals surface area contributed by atoms with Gasteiger partial charge in [0.15, 0.2) is 0 Å². The quantitative estimate of drug-likeness (QED) is 0.162. The smallest absolute Gasteiger partial charge is 0.137 e. The lowest BCUT2D eigenvalue weighted by molar-refractivity contribution is 0.669. The van der Waals surface area contributed by atoms with E-state index in [1.165, 1.54) is 66.1 Å². The molecule has 272 valence electrons. The van der Waals surface area contributed by atoms with Crippen molar-refractivity contribution >= 4 is 60.5 Å². The van der Waals surface area contributed by atoms with E-state index in [1.807, 2.05) is 0 Å². The van der Waals surface area contributed by atoms with Gasteiger partial charge in [-0.2, -0.15) is 0 Å². The SMILES string of the molecule is c1ccc(-c2cccc(-c3ccc(N(c4ccc(-c5cccc6cccc(-c7ccccc7)c56)cc4)c4cccc5oc6ccc7ccccc7c6c45)cc3)c2)cc1. The fourth-order valence-corrected chi connectivity index (χ4v) is 8.72. The topological polar surface area (TPSA) is 16.4 Å². The summed E-state index contributed by atoms with van der Waals surface area (Å²) in [6.07, 6.45) is 0. The molecule has 0 amide bonds. The molecule has 11 rings (SSSR count). The lowest BCUT2D eigenvalue weighted by atomic mass is 9.91. The van der Waals surface area contributed by atoms with E-state index >= 15 is 0 Å². The Balaban J connectivity index is 1.07. The van der Waals surface area contributed by atoms with Crippen molar-refractivity contribution in [1.82, 2.24) is 0 Å². The molecule has 10 aromatic carbocycles. The van der Waals surface area contributed by atoms with Crippen molar-refractivity contribution in [3.05, 3.63) is 224 Å². The van der Waals surface area contributed by atoms with Gasteiger partial charge in [0.2, 0.25) is 0 Å². The van der Waals surface area contributed by atoms with Crippen LogP contribution in [0.25, 0.3) is 88.0 Å². The van der Waals surface area contributed by atoms with Gasteiger partial charge in [-0.15, -0.1) is 0 Å². The molecular weight excluding hydrogens is 703 g/mol. The van der Waals surface area contributed by atoms with Gasteiger partial charge in [0, 0.05) is 16.8 Å². The minimum Gasteiger partial charge on any atom is -0.456 e. The zero-order chi connectivity index (χ0) is 38.4. The van der Waals surface area contributed by atoms with E-state index in [2.05, 4.69) is 229 Å². The maximum absolute atomic E-state index is 6.59. The van der Waals surface area contributed by atoms with E-state index in [-0.39, 0.29) is 0 Å². The molecule has 11 aromatic rings. The highest BCUT2D eigenvalue weighted by Gasteiger charge is 2.21. The van der Waals surface area contributed by atoms with Gasteiger partial charge in [-0.1, -0.05) is 176 Å². The van der Waals surface area contributed by atoms with Gasteiger partial charge in [0.05, 0.1) is 11.1 Å². The summed E-state index contributed by atoms with van der Waals surface area (Å²) in [6.45, 7) is 0. The minimum atomic E-state index is 0.865. The highest BCUT2D eigenvalue weighted by atomic mass is 16.3. The fourth-order valence-electron chi connectivity index (χ4n) is 8.72. The summed E-state index contributed by atoms with van der Waals surface area (Å²) >= 11 is 0. The van der Waals surface area contributed by atoms with Crippen molar-refractivity contribution in [3.8, 4) is 44.5 Å². The number of benzene rings is 10. The zero-order valence-electron chi connectivity index (χ0n) is 31.7. The molecule has 0 aliphatic rings. The van der Waals surface area contributed by atoms with Gasteiger partial charge >= 0.3 is 0 Å². The van der Waals surface area contributed by atoms with Crippen molar-refractivity contribution in [2.24, 2.45) is 0 Å². The molecular formula is C56H37NO. The Kier molecular flexibility index (Phi) is 8.19. The van der Waals surface area contributed by atoms with Crippen LogP contribution >= 0.6 is 0 Å². The monoisotopic (exact) mass is 739 g/mol. The minimum absolute atomic E-state index is 0.865. The van der Waals surface area contributed by atoms with Crippen molar-refractivity contribution in [2.75, 3.05) is 4.90 Å². The standard InChI is InChI=1S/C56H37NO/c1-3-13-38(14-4-1)44-20-9-21-45(37-44)39-27-32-46(33-28-39)57(51-25-12-26-52-56(51)55-50-22-8-7-17-41(50)31-36-53(55)58-52)47-34-29-42(30-35-47)49-24-11-19-43-18-10-23-48(54(43)49)40-15-5-2-6-16-40/h1-37H. The zero-order valence-corrected chi connectivity index (χ0v) is 31.7. The summed E-state index contributed by atoms with van der Waals surface area (Å²) < 4.78 is 6.59. The van der Waals surface area contributed by atoms with E-state index < -0.39 is 0 Å². The number of furan rings is 1. The molecule has 1 heterocycles. The maximum Gasteiger partial charge on any atom is 0.137 e. The predicted octanol–water partition coefficient (Wildman–Crippen LogP) is 16.0. The van der Waals surface area contributed by atoms with Crippen LogP contribution in [0.15, 0.2) is 229 Å². The van der Waals surface area contributed by atoms with Gasteiger partial charge < -0.3 is 9.32 Å². The molecule has 0 saturated heterocycles. The van der Waals surface area contributed by atoms with E-state index in [4.69, 9.17) is 4.42 Å². The summed E-state index contributed by atoms with van der Waals surface area (Å²) in [5.74, 6) is 0. The van der Waals surface area contributed by atoms with Gasteiger partial charge in [-0.25, -0.2) is 0 Å². The fraction of sp³-hybridized carbons (Fsp3) is 0. The third-order valence-electron chi connectivity index (χ3n) is 11.5. The van der Waals surface area contributed by atoms with Crippen LogP contribution in [-0.4, -0.2) is 0 Å². The van der Waals surface area contributed by atoms with Crippen LogP contribution < -0.4 is 4.90 Å². The first-order valence-electron chi connectivity index (χ1n) is 19.8. The van der Waals surface area contributed by atoms with Crippen LogP contribution in [0.4, 0.5) is 17.1 Å². The van der Waals surface area contributed by atoms with Crippen LogP contribution in [0.5, 0.6) is 0 Å². The van der Waals surface area contributed by atoms with Crippen LogP contribution in [0.2, 0.25) is 0 Å². The van der Waals surface area contributed by atoms with Crippen LogP contribution in [0.3, 0.4) is 0 Å². The largest absolute Gasteiger partial charge is 0.456 e. The molecule has 0 N–H and O–H groups in total. The molecule has 0 aliphatic carbocycles. The van der Waals surface area contributed by atoms with E-state index in [9.17, 15) is 0 Å². The second kappa shape index (κ2) is 14.1. The normalized spacial score (nSPS) is 11.4. The lowest BCUT2D eigenvalue weighted by Crippen LogP contribution is -2.10. The highest BCUT2D eigenvalue weighted by molar-refractivity contribution is 6.23.